The molecule has 0 atom stereocenters. The van der Waals surface area contributed by atoms with Gasteiger partial charge in [-0.3, -0.25) is 0 Å². The van der Waals surface area contributed by atoms with Gasteiger partial charge in [-0.25, -0.2) is 14.5 Å². The van der Waals surface area contributed by atoms with Crippen molar-refractivity contribution in [1.29, 1.82) is 0 Å². The maximum Gasteiger partial charge on any atom is 0.361 e. The minimum Gasteiger partial charge on any atom is -0.461 e. The number of nitrogens with zero attached hydrogens (tertiary/aromatic N) is 4. The van der Waals surface area contributed by atoms with Gasteiger partial charge >= 0.3 is 5.97 Å². The average molecular weight is 320 g/mol. The molecule has 0 amide bonds. The Morgan fingerprint density at radius 1 is 1.48 bits per heavy atom. The van der Waals surface area contributed by atoms with Crippen LogP contribution in [0.4, 0.5) is 0 Å². The summed E-state index contributed by atoms with van der Waals surface area (Å²) in [7, 11) is 0. The molecule has 0 fully saturated rings. The summed E-state index contributed by atoms with van der Waals surface area (Å²) in [6.45, 7) is 2.55. The average Bonchev–Trinajstić information content (AvgIpc) is 3.20. The van der Waals surface area contributed by atoms with Crippen molar-refractivity contribution in [2.24, 2.45) is 0 Å². The second-order valence-corrected chi connectivity index (χ2v) is 5.79. The molecule has 21 heavy (non-hydrogen) atoms. The molecule has 8 heteroatoms. The number of esters is 1. The molecule has 0 aromatic carbocycles. The van der Waals surface area contributed by atoms with Gasteiger partial charge in [0, 0.05) is 5.38 Å². The van der Waals surface area contributed by atoms with Crippen molar-refractivity contribution in [1.82, 2.24) is 20.0 Å². The van der Waals surface area contributed by atoms with E-state index in [1.165, 1.54) is 22.7 Å². The van der Waals surface area contributed by atoms with Crippen LogP contribution >= 0.6 is 22.7 Å². The molecule has 0 saturated heterocycles. The first-order valence-corrected chi connectivity index (χ1v) is 8.13. The molecule has 0 aliphatic rings. The van der Waals surface area contributed by atoms with Crippen LogP contribution in [0, 0.1) is 0 Å². The molecule has 3 heterocycles. The van der Waals surface area contributed by atoms with Gasteiger partial charge in [0.2, 0.25) is 0 Å². The van der Waals surface area contributed by atoms with Gasteiger partial charge in [-0.2, -0.15) is 0 Å². The van der Waals surface area contributed by atoms with Crippen LogP contribution in [0.2, 0.25) is 0 Å². The van der Waals surface area contributed by atoms with Crippen molar-refractivity contribution in [3.63, 3.8) is 0 Å². The minimum atomic E-state index is -0.453. The summed E-state index contributed by atoms with van der Waals surface area (Å²) < 4.78 is 6.74. The molecule has 3 aromatic rings. The highest BCUT2D eigenvalue weighted by atomic mass is 32.1. The van der Waals surface area contributed by atoms with Gasteiger partial charge in [0.1, 0.15) is 5.69 Å². The van der Waals surface area contributed by atoms with E-state index in [1.54, 1.807) is 17.1 Å². The molecule has 3 aromatic heterocycles. The van der Waals surface area contributed by atoms with Crippen molar-refractivity contribution < 1.29 is 9.53 Å². The lowest BCUT2D eigenvalue weighted by Crippen LogP contribution is -2.08. The topological polar surface area (TPSA) is 69.9 Å². The Hall–Kier alpha value is -2.06. The highest BCUT2D eigenvalue weighted by molar-refractivity contribution is 7.13. The third kappa shape index (κ3) is 2.86. The third-order valence-electron chi connectivity index (χ3n) is 2.75. The van der Waals surface area contributed by atoms with Crippen molar-refractivity contribution >= 4 is 28.6 Å². The molecule has 0 saturated carbocycles. The lowest BCUT2D eigenvalue weighted by Gasteiger charge is -2.05. The first kappa shape index (κ1) is 13.9. The van der Waals surface area contributed by atoms with E-state index in [-0.39, 0.29) is 5.69 Å². The summed E-state index contributed by atoms with van der Waals surface area (Å²) in [6.07, 6.45) is 0. The first-order chi connectivity index (χ1) is 10.3. The van der Waals surface area contributed by atoms with Gasteiger partial charge < -0.3 is 4.74 Å². The Morgan fingerprint density at radius 2 is 2.38 bits per heavy atom. The maximum absolute atomic E-state index is 12.0. The highest BCUT2D eigenvalue weighted by Crippen LogP contribution is 2.28. The number of carbonyl (C=O) groups is 1. The number of aromatic nitrogens is 4. The lowest BCUT2D eigenvalue weighted by molar-refractivity contribution is 0.0520. The molecule has 0 aliphatic carbocycles. The fraction of sp³-hybridized carbons (Fsp3) is 0.231. The number of thiophene rings is 1. The van der Waals surface area contributed by atoms with E-state index in [0.717, 1.165) is 10.6 Å². The molecule has 0 N–H and O–H groups in total. The van der Waals surface area contributed by atoms with Crippen molar-refractivity contribution in [2.75, 3.05) is 6.61 Å². The van der Waals surface area contributed by atoms with E-state index in [1.807, 2.05) is 22.9 Å². The van der Waals surface area contributed by atoms with E-state index in [9.17, 15) is 4.79 Å². The van der Waals surface area contributed by atoms with Gasteiger partial charge in [0.25, 0.3) is 0 Å². The monoisotopic (exact) mass is 320 g/mol. The molecule has 0 unspecified atom stereocenters. The number of hydrogen-bond donors (Lipinski definition) is 0. The Morgan fingerprint density at radius 3 is 3.05 bits per heavy atom. The number of rotatable bonds is 5. The van der Waals surface area contributed by atoms with Crippen molar-refractivity contribution in [3.05, 3.63) is 39.8 Å². The highest BCUT2D eigenvalue weighted by Gasteiger charge is 2.23. The van der Waals surface area contributed by atoms with Crippen LogP contribution in [0.25, 0.3) is 10.6 Å². The van der Waals surface area contributed by atoms with Gasteiger partial charge in [-0.15, -0.1) is 27.8 Å². The lowest BCUT2D eigenvalue weighted by atomic mass is 10.2. The predicted molar refractivity (Wildman–Crippen MR) is 80.5 cm³/mol. The second kappa shape index (κ2) is 6.15. The Kier molecular flexibility index (Phi) is 4.07. The van der Waals surface area contributed by atoms with E-state index < -0.39 is 5.97 Å². The van der Waals surface area contributed by atoms with Crippen LogP contribution in [-0.4, -0.2) is 32.6 Å². The van der Waals surface area contributed by atoms with Crippen LogP contribution < -0.4 is 0 Å². The molecule has 6 nitrogen and oxygen atoms in total. The summed E-state index contributed by atoms with van der Waals surface area (Å²) >= 11 is 3.05. The Balaban J connectivity index is 2.02. The summed E-state index contributed by atoms with van der Waals surface area (Å²) in [5, 5.41) is 12.0. The molecule has 108 valence electrons. The number of ether oxygens (including phenoxy) is 1. The zero-order valence-corrected chi connectivity index (χ0v) is 12.9. The Bertz CT molecular complexity index is 720. The SMILES string of the molecule is CCOC(=O)c1nnn(Cc2cscn2)c1-c1cccs1. The van der Waals surface area contributed by atoms with E-state index in [0.29, 0.717) is 18.8 Å². The maximum atomic E-state index is 12.0. The fourth-order valence-electron chi connectivity index (χ4n) is 1.89. The number of thiazole rings is 1. The summed E-state index contributed by atoms with van der Waals surface area (Å²) in [5.74, 6) is -0.453. The fourth-order valence-corrected chi connectivity index (χ4v) is 3.21. The molecule has 0 aliphatic heterocycles. The van der Waals surface area contributed by atoms with Crippen LogP contribution in [0.3, 0.4) is 0 Å². The Labute approximate surface area is 129 Å². The van der Waals surface area contributed by atoms with E-state index in [2.05, 4.69) is 15.3 Å². The third-order valence-corrected chi connectivity index (χ3v) is 4.27. The number of carbonyl (C=O) groups excluding carboxylic acids is 1. The zero-order valence-electron chi connectivity index (χ0n) is 11.2. The zero-order chi connectivity index (χ0) is 14.7. The van der Waals surface area contributed by atoms with Crippen LogP contribution in [0.5, 0.6) is 0 Å². The van der Waals surface area contributed by atoms with Crippen molar-refractivity contribution in [3.8, 4) is 10.6 Å². The smallest absolute Gasteiger partial charge is 0.361 e. The van der Waals surface area contributed by atoms with E-state index >= 15 is 0 Å². The number of hydrogen-bond acceptors (Lipinski definition) is 7. The van der Waals surface area contributed by atoms with Gasteiger partial charge in [0.05, 0.1) is 29.2 Å². The van der Waals surface area contributed by atoms with Gasteiger partial charge in [0.15, 0.2) is 5.69 Å². The first-order valence-electron chi connectivity index (χ1n) is 6.31. The van der Waals surface area contributed by atoms with Crippen LogP contribution in [0.15, 0.2) is 28.4 Å². The molecule has 0 spiro atoms. The largest absolute Gasteiger partial charge is 0.461 e. The summed E-state index contributed by atoms with van der Waals surface area (Å²) in [6, 6.07) is 3.86. The molecular formula is C13H12N4O2S2. The second-order valence-electron chi connectivity index (χ2n) is 4.12. The van der Waals surface area contributed by atoms with Crippen molar-refractivity contribution in [2.45, 2.75) is 13.5 Å². The van der Waals surface area contributed by atoms with Crippen LogP contribution in [0.1, 0.15) is 23.1 Å². The summed E-state index contributed by atoms with van der Waals surface area (Å²) in [5.41, 5.74) is 3.58. The standard InChI is InChI=1S/C13H12N4O2S2/c1-2-19-13(18)11-12(10-4-3-5-21-10)17(16-15-11)6-9-7-20-8-14-9/h3-5,7-8H,2,6H2,1H3. The summed E-state index contributed by atoms with van der Waals surface area (Å²) in [4.78, 5) is 17.2. The van der Waals surface area contributed by atoms with Crippen LogP contribution in [-0.2, 0) is 11.3 Å². The molecular weight excluding hydrogens is 308 g/mol. The minimum absolute atomic E-state index is 0.245. The molecule has 0 bridgehead atoms. The normalized spacial score (nSPS) is 10.7. The van der Waals surface area contributed by atoms with E-state index in [4.69, 9.17) is 4.74 Å². The van der Waals surface area contributed by atoms with Gasteiger partial charge in [-0.05, 0) is 18.4 Å². The quantitative estimate of drug-likeness (QED) is 0.676. The predicted octanol–water partition coefficient (Wildman–Crippen LogP) is 2.69. The molecule has 3 rings (SSSR count). The molecule has 0 radical (unpaired) electrons. The van der Waals surface area contributed by atoms with Gasteiger partial charge in [-0.1, -0.05) is 11.3 Å².